The molecule has 0 spiro atoms. The lowest BCUT2D eigenvalue weighted by atomic mass is 10.2. The first-order valence-electron chi connectivity index (χ1n) is 5.33. The van der Waals surface area contributed by atoms with Crippen LogP contribution in [0.3, 0.4) is 0 Å². The van der Waals surface area contributed by atoms with Gasteiger partial charge in [0.15, 0.2) is 0 Å². The lowest BCUT2D eigenvalue weighted by Gasteiger charge is -2.20. The van der Waals surface area contributed by atoms with Gasteiger partial charge in [0.1, 0.15) is 0 Å². The van der Waals surface area contributed by atoms with E-state index in [1.54, 1.807) is 0 Å². The first-order chi connectivity index (χ1) is 7.11. The summed E-state index contributed by atoms with van der Waals surface area (Å²) in [6.07, 6.45) is 0. The average molecular weight is 218 g/mol. The number of nitrogens with zero attached hydrogens (tertiary/aromatic N) is 1. The highest BCUT2D eigenvalue weighted by Crippen LogP contribution is 1.90. The van der Waals surface area contributed by atoms with Crippen molar-refractivity contribution in [2.75, 3.05) is 39.4 Å². The number of hydrogen-bond acceptors (Lipinski definition) is 4. The highest BCUT2D eigenvalue weighted by molar-refractivity contribution is 5.77. The van der Waals surface area contributed by atoms with Crippen molar-refractivity contribution in [1.29, 1.82) is 0 Å². The van der Waals surface area contributed by atoms with Crippen LogP contribution in [-0.2, 0) is 4.79 Å². The maximum Gasteiger partial charge on any atom is 0.222 e. The molecule has 90 valence electrons. The van der Waals surface area contributed by atoms with Crippen LogP contribution < -0.4 is 5.32 Å². The smallest absolute Gasteiger partial charge is 0.222 e. The summed E-state index contributed by atoms with van der Waals surface area (Å²) in [4.78, 5) is 13.1. The first-order valence-corrected chi connectivity index (χ1v) is 5.33. The third kappa shape index (κ3) is 7.30. The molecule has 1 amide bonds. The zero-order chi connectivity index (χ0) is 11.7. The van der Waals surface area contributed by atoms with Gasteiger partial charge in [0.2, 0.25) is 5.91 Å². The van der Waals surface area contributed by atoms with E-state index in [1.807, 2.05) is 18.7 Å². The summed E-state index contributed by atoms with van der Waals surface area (Å²) in [5.74, 6) is 0.0251. The van der Waals surface area contributed by atoms with Crippen LogP contribution in [0.1, 0.15) is 13.8 Å². The Kier molecular flexibility index (Phi) is 8.27. The van der Waals surface area contributed by atoms with Crippen LogP contribution in [0, 0.1) is 5.92 Å². The quantitative estimate of drug-likeness (QED) is 0.491. The molecule has 0 aliphatic rings. The number of carbonyl (C=O) groups is 1. The van der Waals surface area contributed by atoms with Gasteiger partial charge in [-0.05, 0) is 0 Å². The van der Waals surface area contributed by atoms with Crippen LogP contribution >= 0.6 is 0 Å². The van der Waals surface area contributed by atoms with Crippen molar-refractivity contribution in [1.82, 2.24) is 10.2 Å². The molecule has 0 aromatic carbocycles. The molecule has 0 radical (unpaired) electrons. The van der Waals surface area contributed by atoms with Gasteiger partial charge in [-0.2, -0.15) is 0 Å². The van der Waals surface area contributed by atoms with E-state index < -0.39 is 0 Å². The van der Waals surface area contributed by atoms with Crippen molar-refractivity contribution < 1.29 is 15.0 Å². The number of hydrogen-bond donors (Lipinski definition) is 3. The Morgan fingerprint density at radius 2 is 1.73 bits per heavy atom. The number of nitrogens with one attached hydrogen (secondary N) is 1. The summed E-state index contributed by atoms with van der Waals surface area (Å²) in [7, 11) is 0. The van der Waals surface area contributed by atoms with Crippen molar-refractivity contribution in [2.45, 2.75) is 13.8 Å². The molecule has 0 saturated carbocycles. The van der Waals surface area contributed by atoms with E-state index in [0.717, 1.165) is 0 Å². The zero-order valence-corrected chi connectivity index (χ0v) is 9.57. The number of carbonyl (C=O) groups excluding carboxylic acids is 1. The Morgan fingerprint density at radius 3 is 2.13 bits per heavy atom. The van der Waals surface area contributed by atoms with Crippen LogP contribution in [0.5, 0.6) is 0 Å². The third-order valence-electron chi connectivity index (χ3n) is 2.08. The monoisotopic (exact) mass is 218 g/mol. The molecular weight excluding hydrogens is 196 g/mol. The van der Waals surface area contributed by atoms with Gasteiger partial charge in [0, 0.05) is 32.1 Å². The maximum absolute atomic E-state index is 11.2. The third-order valence-corrected chi connectivity index (χ3v) is 2.08. The van der Waals surface area contributed by atoms with Crippen molar-refractivity contribution >= 4 is 5.91 Å². The predicted molar refractivity (Wildman–Crippen MR) is 58.5 cm³/mol. The molecule has 0 rings (SSSR count). The molecule has 0 heterocycles. The van der Waals surface area contributed by atoms with Crippen molar-refractivity contribution in [3.8, 4) is 0 Å². The lowest BCUT2D eigenvalue weighted by molar-refractivity contribution is -0.124. The summed E-state index contributed by atoms with van der Waals surface area (Å²) >= 11 is 0. The Labute approximate surface area is 91.1 Å². The summed E-state index contributed by atoms with van der Waals surface area (Å²) in [6, 6.07) is 0. The van der Waals surface area contributed by atoms with Gasteiger partial charge >= 0.3 is 0 Å². The van der Waals surface area contributed by atoms with E-state index in [1.165, 1.54) is 0 Å². The van der Waals surface area contributed by atoms with Crippen molar-refractivity contribution in [3.05, 3.63) is 0 Å². The molecule has 0 aromatic rings. The molecule has 3 N–H and O–H groups in total. The zero-order valence-electron chi connectivity index (χ0n) is 9.57. The number of amides is 1. The minimum Gasteiger partial charge on any atom is -0.395 e. The van der Waals surface area contributed by atoms with Gasteiger partial charge in [-0.3, -0.25) is 9.69 Å². The van der Waals surface area contributed by atoms with Crippen LogP contribution in [0.2, 0.25) is 0 Å². The molecule has 0 unspecified atom stereocenters. The number of rotatable bonds is 8. The van der Waals surface area contributed by atoms with Crippen LogP contribution in [0.4, 0.5) is 0 Å². The SMILES string of the molecule is CC(C)C(=O)NCCN(CCO)CCO. The second-order valence-electron chi connectivity index (χ2n) is 3.73. The summed E-state index contributed by atoms with van der Waals surface area (Å²) in [5, 5.41) is 20.3. The Balaban J connectivity index is 3.65. The van der Waals surface area contributed by atoms with Crippen LogP contribution in [0.25, 0.3) is 0 Å². The average Bonchev–Trinajstić information content (AvgIpc) is 2.18. The first kappa shape index (κ1) is 14.3. The standard InChI is InChI=1S/C10H22N2O3/c1-9(2)10(15)11-3-4-12(5-7-13)6-8-14/h9,13-14H,3-8H2,1-2H3,(H,11,15). The second-order valence-corrected chi connectivity index (χ2v) is 3.73. The Bertz CT molecular complexity index is 168. The van der Waals surface area contributed by atoms with Gasteiger partial charge in [0.05, 0.1) is 13.2 Å². The fourth-order valence-corrected chi connectivity index (χ4v) is 1.16. The van der Waals surface area contributed by atoms with Gasteiger partial charge < -0.3 is 15.5 Å². The van der Waals surface area contributed by atoms with Gasteiger partial charge in [-0.15, -0.1) is 0 Å². The molecule has 5 heteroatoms. The lowest BCUT2D eigenvalue weighted by Crippen LogP contribution is -2.38. The number of aliphatic hydroxyl groups is 2. The fraction of sp³-hybridized carbons (Fsp3) is 0.900. The molecule has 0 aliphatic carbocycles. The predicted octanol–water partition coefficient (Wildman–Crippen LogP) is -0.955. The van der Waals surface area contributed by atoms with Crippen LogP contribution in [-0.4, -0.2) is 60.4 Å². The highest BCUT2D eigenvalue weighted by Gasteiger charge is 2.07. The second kappa shape index (κ2) is 8.64. The van der Waals surface area contributed by atoms with Crippen LogP contribution in [0.15, 0.2) is 0 Å². The highest BCUT2D eigenvalue weighted by atomic mass is 16.3. The maximum atomic E-state index is 11.2. The summed E-state index contributed by atoms with van der Waals surface area (Å²) in [5.41, 5.74) is 0. The Morgan fingerprint density at radius 1 is 1.20 bits per heavy atom. The molecule has 5 nitrogen and oxygen atoms in total. The molecule has 0 aliphatic heterocycles. The van der Waals surface area contributed by atoms with E-state index >= 15 is 0 Å². The van der Waals surface area contributed by atoms with Gasteiger partial charge in [0.25, 0.3) is 0 Å². The van der Waals surface area contributed by atoms with E-state index in [2.05, 4.69) is 5.32 Å². The molecular formula is C10H22N2O3. The van der Waals surface area contributed by atoms with Gasteiger partial charge in [-0.1, -0.05) is 13.8 Å². The minimum absolute atomic E-state index is 0.00543. The summed E-state index contributed by atoms with van der Waals surface area (Å²) in [6.45, 7) is 6.08. The Hall–Kier alpha value is -0.650. The molecule has 0 aromatic heterocycles. The molecule has 0 bridgehead atoms. The van der Waals surface area contributed by atoms with Gasteiger partial charge in [-0.25, -0.2) is 0 Å². The largest absolute Gasteiger partial charge is 0.395 e. The van der Waals surface area contributed by atoms with E-state index in [9.17, 15) is 4.79 Å². The van der Waals surface area contributed by atoms with E-state index in [0.29, 0.717) is 26.2 Å². The fourth-order valence-electron chi connectivity index (χ4n) is 1.16. The van der Waals surface area contributed by atoms with Crippen molar-refractivity contribution in [2.24, 2.45) is 5.92 Å². The minimum atomic E-state index is -0.00543. The molecule has 0 fully saturated rings. The normalized spacial score (nSPS) is 11.1. The summed E-state index contributed by atoms with van der Waals surface area (Å²) < 4.78 is 0. The topological polar surface area (TPSA) is 72.8 Å². The molecule has 0 saturated heterocycles. The van der Waals surface area contributed by atoms with E-state index in [4.69, 9.17) is 10.2 Å². The molecule has 0 atom stereocenters. The molecule has 15 heavy (non-hydrogen) atoms. The van der Waals surface area contributed by atoms with Crippen molar-refractivity contribution in [3.63, 3.8) is 0 Å². The van der Waals surface area contributed by atoms with E-state index in [-0.39, 0.29) is 25.0 Å². The number of aliphatic hydroxyl groups excluding tert-OH is 2.